The largest absolute Gasteiger partial charge is 0.507 e. The van der Waals surface area contributed by atoms with Crippen LogP contribution in [0.4, 0.5) is 0 Å². The fraction of sp³-hybridized carbons (Fsp3) is 0.280. The molecule has 142 valence electrons. The number of benzene rings is 2. The van der Waals surface area contributed by atoms with Gasteiger partial charge in [0, 0.05) is 17.2 Å². The summed E-state index contributed by atoms with van der Waals surface area (Å²) in [5.41, 5.74) is 2.17. The number of rotatable bonds is 2. The van der Waals surface area contributed by atoms with Gasteiger partial charge in [0.2, 0.25) is 0 Å². The second-order valence-corrected chi connectivity index (χ2v) is 8.08. The fourth-order valence-corrected chi connectivity index (χ4v) is 5.12. The SMILES string of the molecule is C=CC1=CCC2C(=O)C(C)=C(C)C(=O)C2(C)C1c1ccc(O)c2ccccc12. The van der Waals surface area contributed by atoms with Gasteiger partial charge in [-0.3, -0.25) is 9.59 Å². The lowest BCUT2D eigenvalue weighted by molar-refractivity contribution is -0.138. The van der Waals surface area contributed by atoms with E-state index in [1.807, 2.05) is 43.3 Å². The second-order valence-electron chi connectivity index (χ2n) is 8.08. The van der Waals surface area contributed by atoms with Gasteiger partial charge in [-0.25, -0.2) is 0 Å². The minimum absolute atomic E-state index is 0.0317. The minimum Gasteiger partial charge on any atom is -0.507 e. The Labute approximate surface area is 165 Å². The Morgan fingerprint density at radius 3 is 2.43 bits per heavy atom. The predicted molar refractivity (Wildman–Crippen MR) is 111 cm³/mol. The first kappa shape index (κ1) is 18.4. The monoisotopic (exact) mass is 372 g/mol. The maximum absolute atomic E-state index is 13.6. The van der Waals surface area contributed by atoms with Gasteiger partial charge in [0.25, 0.3) is 0 Å². The predicted octanol–water partition coefficient (Wildman–Crippen LogP) is 5.26. The zero-order valence-corrected chi connectivity index (χ0v) is 16.5. The quantitative estimate of drug-likeness (QED) is 0.783. The molecule has 0 fully saturated rings. The van der Waals surface area contributed by atoms with E-state index >= 15 is 0 Å². The maximum atomic E-state index is 13.6. The number of carbonyl (C=O) groups is 2. The normalized spacial score (nSPS) is 27.6. The Morgan fingerprint density at radius 2 is 1.75 bits per heavy atom. The van der Waals surface area contributed by atoms with Gasteiger partial charge < -0.3 is 5.11 Å². The average Bonchev–Trinajstić information content (AvgIpc) is 2.71. The van der Waals surface area contributed by atoms with E-state index in [1.165, 1.54) is 0 Å². The summed E-state index contributed by atoms with van der Waals surface area (Å²) in [7, 11) is 0. The van der Waals surface area contributed by atoms with Gasteiger partial charge in [0.05, 0.1) is 5.41 Å². The highest BCUT2D eigenvalue weighted by molar-refractivity contribution is 6.16. The maximum Gasteiger partial charge on any atom is 0.166 e. The summed E-state index contributed by atoms with van der Waals surface area (Å²) in [4.78, 5) is 26.7. The molecule has 2 aromatic carbocycles. The molecule has 3 atom stereocenters. The van der Waals surface area contributed by atoms with Gasteiger partial charge in [0.1, 0.15) is 5.75 Å². The molecule has 28 heavy (non-hydrogen) atoms. The number of Topliss-reactive ketones (excluding diaryl/α,β-unsaturated/α-hetero) is 2. The van der Waals surface area contributed by atoms with E-state index in [2.05, 4.69) is 6.58 Å². The van der Waals surface area contributed by atoms with Crippen LogP contribution < -0.4 is 0 Å². The summed E-state index contributed by atoms with van der Waals surface area (Å²) in [6.07, 6.45) is 4.39. The van der Waals surface area contributed by atoms with E-state index < -0.39 is 5.41 Å². The molecule has 0 aliphatic heterocycles. The Kier molecular flexibility index (Phi) is 4.15. The number of fused-ring (bicyclic) bond motifs is 2. The summed E-state index contributed by atoms with van der Waals surface area (Å²) in [6.45, 7) is 9.42. The number of carbonyl (C=O) groups excluding carboxylic acids is 2. The summed E-state index contributed by atoms with van der Waals surface area (Å²) in [6, 6.07) is 11.2. The van der Waals surface area contributed by atoms with Gasteiger partial charge >= 0.3 is 0 Å². The zero-order chi connectivity index (χ0) is 20.2. The molecule has 4 rings (SSSR count). The van der Waals surface area contributed by atoms with Crippen molar-refractivity contribution in [3.63, 3.8) is 0 Å². The van der Waals surface area contributed by atoms with E-state index in [0.717, 1.165) is 21.9 Å². The molecule has 2 aliphatic carbocycles. The number of allylic oxidation sites excluding steroid dienone is 5. The van der Waals surface area contributed by atoms with Crippen molar-refractivity contribution in [1.29, 1.82) is 0 Å². The summed E-state index contributed by atoms with van der Waals surface area (Å²) in [5.74, 6) is -0.381. The summed E-state index contributed by atoms with van der Waals surface area (Å²) < 4.78 is 0. The van der Waals surface area contributed by atoms with Crippen molar-refractivity contribution in [1.82, 2.24) is 0 Å². The molecule has 2 aliphatic rings. The number of phenols is 1. The lowest BCUT2D eigenvalue weighted by atomic mass is 9.52. The number of ketones is 2. The van der Waals surface area contributed by atoms with Crippen LogP contribution in [0.3, 0.4) is 0 Å². The van der Waals surface area contributed by atoms with Crippen molar-refractivity contribution in [2.75, 3.05) is 0 Å². The smallest absolute Gasteiger partial charge is 0.166 e. The topological polar surface area (TPSA) is 54.4 Å². The Balaban J connectivity index is 2.05. The average molecular weight is 372 g/mol. The lowest BCUT2D eigenvalue weighted by Gasteiger charge is -2.48. The highest BCUT2D eigenvalue weighted by Gasteiger charge is 2.56. The fourth-order valence-electron chi connectivity index (χ4n) is 5.12. The Hall–Kier alpha value is -2.94. The van der Waals surface area contributed by atoms with Crippen LogP contribution in [-0.4, -0.2) is 16.7 Å². The first-order valence-corrected chi connectivity index (χ1v) is 9.62. The first-order valence-electron chi connectivity index (χ1n) is 9.62. The van der Waals surface area contributed by atoms with E-state index in [-0.39, 0.29) is 29.2 Å². The molecule has 0 bridgehead atoms. The zero-order valence-electron chi connectivity index (χ0n) is 16.5. The van der Waals surface area contributed by atoms with Crippen LogP contribution in [0.15, 0.2) is 71.8 Å². The van der Waals surface area contributed by atoms with Crippen molar-refractivity contribution in [2.45, 2.75) is 33.1 Å². The van der Waals surface area contributed by atoms with Crippen molar-refractivity contribution < 1.29 is 14.7 Å². The van der Waals surface area contributed by atoms with Crippen molar-refractivity contribution in [2.24, 2.45) is 11.3 Å². The highest BCUT2D eigenvalue weighted by atomic mass is 16.3. The van der Waals surface area contributed by atoms with Crippen molar-refractivity contribution in [3.05, 3.63) is 77.4 Å². The van der Waals surface area contributed by atoms with E-state index in [9.17, 15) is 14.7 Å². The van der Waals surface area contributed by atoms with Crippen LogP contribution in [0.2, 0.25) is 0 Å². The summed E-state index contributed by atoms with van der Waals surface area (Å²) in [5, 5.41) is 12.0. The molecular formula is C25H24O3. The number of phenolic OH excluding ortho intramolecular Hbond substituents is 1. The van der Waals surface area contributed by atoms with Gasteiger partial charge in [-0.1, -0.05) is 56.0 Å². The molecule has 1 N–H and O–H groups in total. The van der Waals surface area contributed by atoms with Crippen molar-refractivity contribution in [3.8, 4) is 5.75 Å². The van der Waals surface area contributed by atoms with E-state index in [4.69, 9.17) is 0 Å². The molecule has 3 nitrogen and oxygen atoms in total. The Morgan fingerprint density at radius 1 is 1.07 bits per heavy atom. The van der Waals surface area contributed by atoms with Crippen LogP contribution in [-0.2, 0) is 9.59 Å². The molecule has 0 radical (unpaired) electrons. The third kappa shape index (κ3) is 2.29. The minimum atomic E-state index is -0.876. The second kappa shape index (κ2) is 6.30. The van der Waals surface area contributed by atoms with Crippen LogP contribution in [0.1, 0.15) is 38.7 Å². The van der Waals surface area contributed by atoms with E-state index in [0.29, 0.717) is 17.6 Å². The molecule has 2 aromatic rings. The highest BCUT2D eigenvalue weighted by Crippen LogP contribution is 2.57. The summed E-state index contributed by atoms with van der Waals surface area (Å²) >= 11 is 0. The van der Waals surface area contributed by atoms with Gasteiger partial charge in [-0.05, 0) is 54.0 Å². The van der Waals surface area contributed by atoms with Crippen LogP contribution in [0, 0.1) is 11.3 Å². The van der Waals surface area contributed by atoms with Gasteiger partial charge in [0.15, 0.2) is 11.6 Å². The van der Waals surface area contributed by atoms with E-state index in [1.54, 1.807) is 26.0 Å². The lowest BCUT2D eigenvalue weighted by Crippen LogP contribution is -2.50. The molecular weight excluding hydrogens is 348 g/mol. The van der Waals surface area contributed by atoms with Gasteiger partial charge in [-0.2, -0.15) is 0 Å². The standard InChI is InChI=1S/C25H24O3/c1-5-16-10-12-20-23(27)14(2)15(3)24(28)25(20,4)22(16)19-11-13-21(26)18-9-7-6-8-17(18)19/h5-11,13,20,22,26H,1,12H2,2-4H3. The van der Waals surface area contributed by atoms with Crippen molar-refractivity contribution >= 4 is 22.3 Å². The number of hydrogen-bond donors (Lipinski definition) is 1. The Bertz CT molecular complexity index is 1100. The van der Waals surface area contributed by atoms with Crippen LogP contribution in [0.5, 0.6) is 5.75 Å². The van der Waals surface area contributed by atoms with Crippen LogP contribution >= 0.6 is 0 Å². The third-order valence-corrected chi connectivity index (χ3v) is 6.81. The third-order valence-electron chi connectivity index (χ3n) is 6.81. The molecule has 0 spiro atoms. The molecule has 0 amide bonds. The first-order chi connectivity index (χ1) is 13.3. The molecule has 3 heteroatoms. The van der Waals surface area contributed by atoms with Gasteiger partial charge in [-0.15, -0.1) is 0 Å². The van der Waals surface area contributed by atoms with Crippen LogP contribution in [0.25, 0.3) is 10.8 Å². The molecule has 0 saturated carbocycles. The molecule has 3 unspecified atom stereocenters. The molecule has 0 aromatic heterocycles. The molecule has 0 saturated heterocycles. The number of aromatic hydroxyl groups is 1. The molecule has 0 heterocycles. The number of hydrogen-bond acceptors (Lipinski definition) is 3.